The van der Waals surface area contributed by atoms with Crippen molar-refractivity contribution in [2.24, 2.45) is 0 Å². The fourth-order valence-corrected chi connectivity index (χ4v) is 3.40. The molecule has 3 rings (SSSR count). The number of halogens is 2. The highest BCUT2D eigenvalue weighted by Gasteiger charge is 2.43. The van der Waals surface area contributed by atoms with Crippen LogP contribution in [0.2, 0.25) is 0 Å². The molecule has 2 aliphatic heterocycles. The topological polar surface area (TPSA) is 63.2 Å². The summed E-state index contributed by atoms with van der Waals surface area (Å²) < 4.78 is 6.11. The number of amides is 1. The Labute approximate surface area is 149 Å². The van der Waals surface area contributed by atoms with Crippen molar-refractivity contribution in [2.75, 3.05) is 19.7 Å². The van der Waals surface area contributed by atoms with Crippen LogP contribution in [0.3, 0.4) is 0 Å². The molecule has 0 saturated carbocycles. The van der Waals surface area contributed by atoms with Crippen molar-refractivity contribution < 1.29 is 9.53 Å². The number of rotatable bonds is 3. The van der Waals surface area contributed by atoms with E-state index in [1.165, 1.54) is 0 Å². The third kappa shape index (κ3) is 5.05. The minimum absolute atomic E-state index is 0. The number of hydrogen-bond acceptors (Lipinski definition) is 4. The van der Waals surface area contributed by atoms with Gasteiger partial charge in [-0.1, -0.05) is 0 Å². The van der Waals surface area contributed by atoms with Crippen molar-refractivity contribution >= 4 is 30.7 Å². The van der Waals surface area contributed by atoms with Crippen molar-refractivity contribution in [3.63, 3.8) is 0 Å². The number of carbonyl (C=O) groups is 1. The molecule has 0 aliphatic carbocycles. The zero-order chi connectivity index (χ0) is 14.5. The van der Waals surface area contributed by atoms with Gasteiger partial charge in [0, 0.05) is 19.0 Å². The first-order chi connectivity index (χ1) is 10.3. The molecule has 2 saturated heterocycles. The molecule has 2 fully saturated rings. The summed E-state index contributed by atoms with van der Waals surface area (Å²) in [6.07, 6.45) is 7.85. The van der Waals surface area contributed by atoms with E-state index in [1.807, 2.05) is 12.1 Å². The Kier molecular flexibility index (Phi) is 8.26. The van der Waals surface area contributed by atoms with E-state index in [0.717, 1.165) is 50.9 Å². The summed E-state index contributed by atoms with van der Waals surface area (Å²) in [6, 6.07) is 3.91. The molecule has 0 bridgehead atoms. The number of ether oxygens (including phenoxy) is 1. The summed E-state index contributed by atoms with van der Waals surface area (Å²) >= 11 is 0. The number of pyridine rings is 1. The van der Waals surface area contributed by atoms with Gasteiger partial charge in [-0.2, -0.15) is 0 Å². The molecule has 5 nitrogen and oxygen atoms in total. The molecule has 2 aliphatic rings. The lowest BCUT2D eigenvalue weighted by atomic mass is 9.80. The first kappa shape index (κ1) is 20.2. The van der Waals surface area contributed by atoms with E-state index in [9.17, 15) is 4.79 Å². The Balaban J connectivity index is 0.00000132. The number of hydrogen-bond donors (Lipinski definition) is 2. The molecule has 2 N–H and O–H groups in total. The Morgan fingerprint density at radius 1 is 1.30 bits per heavy atom. The molecular weight excluding hydrogens is 337 g/mol. The molecule has 1 aromatic rings. The van der Waals surface area contributed by atoms with E-state index in [-0.39, 0.29) is 42.4 Å². The maximum atomic E-state index is 12.3. The molecule has 1 aromatic heterocycles. The normalized spacial score (nSPS) is 22.5. The van der Waals surface area contributed by atoms with Crippen molar-refractivity contribution in [1.29, 1.82) is 0 Å². The van der Waals surface area contributed by atoms with Gasteiger partial charge in [-0.15, -0.1) is 24.8 Å². The fraction of sp³-hybridized carbons (Fsp3) is 0.625. The molecule has 7 heteroatoms. The number of carbonyl (C=O) groups excluding carboxylic acids is 1. The largest absolute Gasteiger partial charge is 0.373 e. The van der Waals surface area contributed by atoms with Gasteiger partial charge in [0.25, 0.3) is 0 Å². The molecule has 0 aromatic carbocycles. The van der Waals surface area contributed by atoms with Crippen LogP contribution in [-0.2, 0) is 16.0 Å². The first-order valence-corrected chi connectivity index (χ1v) is 7.81. The molecule has 23 heavy (non-hydrogen) atoms. The average molecular weight is 362 g/mol. The van der Waals surface area contributed by atoms with Gasteiger partial charge in [0.1, 0.15) is 0 Å². The summed E-state index contributed by atoms with van der Waals surface area (Å²) in [7, 11) is 0. The first-order valence-electron chi connectivity index (χ1n) is 7.81. The average Bonchev–Trinajstić information content (AvgIpc) is 2.52. The number of nitrogens with zero attached hydrogens (tertiary/aromatic N) is 1. The minimum Gasteiger partial charge on any atom is -0.373 e. The van der Waals surface area contributed by atoms with Crippen LogP contribution >= 0.6 is 24.8 Å². The monoisotopic (exact) mass is 361 g/mol. The van der Waals surface area contributed by atoms with Gasteiger partial charge < -0.3 is 15.4 Å². The van der Waals surface area contributed by atoms with Crippen LogP contribution in [0.4, 0.5) is 0 Å². The lowest BCUT2D eigenvalue weighted by Gasteiger charge is -2.46. The number of aromatic nitrogens is 1. The van der Waals surface area contributed by atoms with E-state index in [1.54, 1.807) is 12.4 Å². The molecule has 130 valence electrons. The molecule has 0 radical (unpaired) electrons. The van der Waals surface area contributed by atoms with Crippen molar-refractivity contribution in [2.45, 2.75) is 43.7 Å². The molecular formula is C16H25Cl2N3O2. The second-order valence-electron chi connectivity index (χ2n) is 5.96. The molecule has 3 heterocycles. The van der Waals surface area contributed by atoms with Crippen molar-refractivity contribution in [3.05, 3.63) is 30.1 Å². The van der Waals surface area contributed by atoms with E-state index in [2.05, 4.69) is 15.6 Å². The summed E-state index contributed by atoms with van der Waals surface area (Å²) in [4.78, 5) is 16.3. The smallest absolute Gasteiger partial charge is 0.224 e. The fourth-order valence-electron chi connectivity index (χ4n) is 3.40. The quantitative estimate of drug-likeness (QED) is 0.862. The highest BCUT2D eigenvalue weighted by Crippen LogP contribution is 2.33. The third-order valence-electron chi connectivity index (χ3n) is 4.56. The Morgan fingerprint density at radius 2 is 2.00 bits per heavy atom. The van der Waals surface area contributed by atoms with Crippen LogP contribution in [0.1, 0.15) is 31.2 Å². The van der Waals surface area contributed by atoms with Gasteiger partial charge in [0.05, 0.1) is 18.1 Å². The minimum atomic E-state index is -0.155. The second kappa shape index (κ2) is 9.42. The van der Waals surface area contributed by atoms with Gasteiger partial charge in [-0.3, -0.25) is 9.78 Å². The molecule has 1 atom stereocenters. The van der Waals surface area contributed by atoms with E-state index >= 15 is 0 Å². The van der Waals surface area contributed by atoms with Gasteiger partial charge in [0.2, 0.25) is 5.91 Å². The number of nitrogens with one attached hydrogen (secondary N) is 2. The summed E-state index contributed by atoms with van der Waals surface area (Å²) in [6.45, 7) is 2.75. The predicted octanol–water partition coefficient (Wildman–Crippen LogP) is 1.89. The maximum Gasteiger partial charge on any atom is 0.224 e. The maximum absolute atomic E-state index is 12.3. The number of piperidine rings is 1. The lowest BCUT2D eigenvalue weighted by molar-refractivity contribution is -0.136. The summed E-state index contributed by atoms with van der Waals surface area (Å²) in [5.41, 5.74) is 0.843. The Hall–Kier alpha value is -0.880. The van der Waals surface area contributed by atoms with E-state index in [0.29, 0.717) is 6.42 Å². The Bertz CT molecular complexity index is 473. The highest BCUT2D eigenvalue weighted by atomic mass is 35.5. The molecule has 1 amide bonds. The zero-order valence-corrected chi connectivity index (χ0v) is 14.8. The summed E-state index contributed by atoms with van der Waals surface area (Å²) in [5, 5.41) is 6.59. The van der Waals surface area contributed by atoms with Crippen LogP contribution in [-0.4, -0.2) is 42.2 Å². The van der Waals surface area contributed by atoms with Crippen LogP contribution in [0.25, 0.3) is 0 Å². The summed E-state index contributed by atoms with van der Waals surface area (Å²) in [5.74, 6) is 0.0783. The van der Waals surface area contributed by atoms with Crippen molar-refractivity contribution in [1.82, 2.24) is 15.6 Å². The third-order valence-corrected chi connectivity index (χ3v) is 4.56. The SMILES string of the molecule is Cl.Cl.O=C(Cc1ccncc1)NC1CCCOC12CCNCC2. The predicted molar refractivity (Wildman–Crippen MR) is 94.4 cm³/mol. The van der Waals surface area contributed by atoms with Crippen LogP contribution in [0.15, 0.2) is 24.5 Å². The van der Waals surface area contributed by atoms with Gasteiger partial charge >= 0.3 is 0 Å². The van der Waals surface area contributed by atoms with Crippen LogP contribution in [0.5, 0.6) is 0 Å². The highest BCUT2D eigenvalue weighted by molar-refractivity contribution is 5.85. The lowest BCUT2D eigenvalue weighted by Crippen LogP contribution is -2.60. The van der Waals surface area contributed by atoms with Crippen molar-refractivity contribution in [3.8, 4) is 0 Å². The van der Waals surface area contributed by atoms with Crippen LogP contribution in [0, 0.1) is 0 Å². The van der Waals surface area contributed by atoms with E-state index in [4.69, 9.17) is 4.74 Å². The second-order valence-corrected chi connectivity index (χ2v) is 5.96. The van der Waals surface area contributed by atoms with Gasteiger partial charge in [0.15, 0.2) is 0 Å². The molecule has 1 spiro atoms. The van der Waals surface area contributed by atoms with E-state index < -0.39 is 0 Å². The van der Waals surface area contributed by atoms with Gasteiger partial charge in [-0.25, -0.2) is 0 Å². The Morgan fingerprint density at radius 3 is 2.70 bits per heavy atom. The van der Waals surface area contributed by atoms with Crippen LogP contribution < -0.4 is 10.6 Å². The zero-order valence-electron chi connectivity index (χ0n) is 13.1. The molecule has 1 unspecified atom stereocenters. The van der Waals surface area contributed by atoms with Gasteiger partial charge in [-0.05, 0) is 56.5 Å². The standard InChI is InChI=1S/C16H23N3O2.2ClH/c20-15(12-13-3-7-17-8-4-13)19-14-2-1-11-21-16(14)5-9-18-10-6-16;;/h3-4,7-8,14,18H,1-2,5-6,9-12H2,(H,19,20);2*1H.